The van der Waals surface area contributed by atoms with Crippen molar-refractivity contribution < 1.29 is 9.53 Å². The average Bonchev–Trinajstić information content (AvgIpc) is 2.76. The molecule has 1 saturated carbocycles. The van der Waals surface area contributed by atoms with E-state index in [0.717, 1.165) is 12.8 Å². The third kappa shape index (κ3) is 2.52. The molecule has 2 rings (SSSR count). The minimum Gasteiger partial charge on any atom is -0.444 e. The highest BCUT2D eigenvalue weighted by Crippen LogP contribution is 2.47. The number of carbonyl (C=O) groups excluding carboxylic acids is 1. The third-order valence-electron chi connectivity index (χ3n) is 3.00. The molecule has 2 atom stereocenters. The lowest BCUT2D eigenvalue weighted by molar-refractivity contribution is 0.0519. The predicted octanol–water partition coefficient (Wildman–Crippen LogP) is 2.48. The van der Waals surface area contributed by atoms with E-state index >= 15 is 0 Å². The quantitative estimate of drug-likeness (QED) is 0.674. The van der Waals surface area contributed by atoms with Gasteiger partial charge in [-0.25, -0.2) is 4.79 Å². The van der Waals surface area contributed by atoms with Gasteiger partial charge in [-0.1, -0.05) is 12.2 Å². The molecule has 2 aliphatic rings. The van der Waals surface area contributed by atoms with Gasteiger partial charge < -0.3 is 10.1 Å². The van der Waals surface area contributed by atoms with Gasteiger partial charge in [0, 0.05) is 6.04 Å². The van der Waals surface area contributed by atoms with E-state index in [4.69, 9.17) is 4.74 Å². The molecular formula is C12H19NO2. The van der Waals surface area contributed by atoms with Crippen LogP contribution >= 0.6 is 0 Å². The molecule has 0 saturated heterocycles. The highest BCUT2D eigenvalue weighted by atomic mass is 16.6. The number of allylic oxidation sites excluding steroid dienone is 2. The van der Waals surface area contributed by atoms with Crippen LogP contribution in [0.25, 0.3) is 0 Å². The number of carbonyl (C=O) groups is 1. The van der Waals surface area contributed by atoms with Gasteiger partial charge in [-0.3, -0.25) is 0 Å². The van der Waals surface area contributed by atoms with Crippen LogP contribution in [-0.4, -0.2) is 17.7 Å². The van der Waals surface area contributed by atoms with Crippen LogP contribution in [0.5, 0.6) is 0 Å². The summed E-state index contributed by atoms with van der Waals surface area (Å²) in [4.78, 5) is 11.5. The van der Waals surface area contributed by atoms with Crippen LogP contribution in [-0.2, 0) is 4.74 Å². The van der Waals surface area contributed by atoms with E-state index < -0.39 is 5.60 Å². The summed E-state index contributed by atoms with van der Waals surface area (Å²) in [6.45, 7) is 5.65. The number of amides is 1. The molecule has 0 bridgehead atoms. The highest BCUT2D eigenvalue weighted by Gasteiger charge is 2.50. The zero-order valence-corrected chi connectivity index (χ0v) is 9.62. The largest absolute Gasteiger partial charge is 0.444 e. The number of rotatable bonds is 1. The van der Waals surface area contributed by atoms with Crippen LogP contribution in [0.2, 0.25) is 0 Å². The maximum absolute atomic E-state index is 11.5. The molecule has 1 amide bonds. The van der Waals surface area contributed by atoms with E-state index in [-0.39, 0.29) is 6.09 Å². The van der Waals surface area contributed by atoms with Gasteiger partial charge in [0.15, 0.2) is 0 Å². The summed E-state index contributed by atoms with van der Waals surface area (Å²) >= 11 is 0. The Labute approximate surface area is 90.9 Å². The molecule has 0 aromatic heterocycles. The van der Waals surface area contributed by atoms with Crippen molar-refractivity contribution in [1.82, 2.24) is 5.32 Å². The SMILES string of the molecule is CC(C)(C)OC(=O)NC1C2CC=CCC21. The van der Waals surface area contributed by atoms with Crippen molar-refractivity contribution in [1.29, 1.82) is 0 Å². The normalized spacial score (nSPS) is 33.1. The van der Waals surface area contributed by atoms with E-state index in [2.05, 4.69) is 17.5 Å². The molecule has 0 radical (unpaired) electrons. The molecule has 0 spiro atoms. The summed E-state index contributed by atoms with van der Waals surface area (Å²) < 4.78 is 5.22. The first-order valence-electron chi connectivity index (χ1n) is 5.62. The Morgan fingerprint density at radius 2 is 1.80 bits per heavy atom. The Morgan fingerprint density at radius 1 is 1.27 bits per heavy atom. The van der Waals surface area contributed by atoms with Crippen molar-refractivity contribution in [3.05, 3.63) is 12.2 Å². The highest BCUT2D eigenvalue weighted by molar-refractivity contribution is 5.68. The lowest BCUT2D eigenvalue weighted by atomic mass is 10.1. The lowest BCUT2D eigenvalue weighted by Gasteiger charge is -2.19. The maximum atomic E-state index is 11.5. The second-order valence-electron chi connectivity index (χ2n) is 5.44. The molecule has 3 nitrogen and oxygen atoms in total. The van der Waals surface area contributed by atoms with Crippen molar-refractivity contribution in [3.8, 4) is 0 Å². The Morgan fingerprint density at radius 3 is 2.27 bits per heavy atom. The fraction of sp³-hybridized carbons (Fsp3) is 0.750. The summed E-state index contributed by atoms with van der Waals surface area (Å²) in [5, 5.41) is 2.95. The minimum absolute atomic E-state index is 0.276. The number of hydrogen-bond acceptors (Lipinski definition) is 2. The van der Waals surface area contributed by atoms with Crippen molar-refractivity contribution in [2.75, 3.05) is 0 Å². The third-order valence-corrected chi connectivity index (χ3v) is 3.00. The summed E-state index contributed by atoms with van der Waals surface area (Å²) in [6.07, 6.45) is 6.34. The molecule has 0 heterocycles. The molecule has 15 heavy (non-hydrogen) atoms. The van der Waals surface area contributed by atoms with E-state index in [9.17, 15) is 4.79 Å². The Kier molecular flexibility index (Phi) is 2.49. The lowest BCUT2D eigenvalue weighted by Crippen LogP contribution is -2.34. The summed E-state index contributed by atoms with van der Waals surface area (Å²) in [7, 11) is 0. The molecule has 2 unspecified atom stereocenters. The van der Waals surface area contributed by atoms with Gasteiger partial charge in [-0.15, -0.1) is 0 Å². The second kappa shape index (κ2) is 3.54. The smallest absolute Gasteiger partial charge is 0.407 e. The van der Waals surface area contributed by atoms with Crippen LogP contribution in [0.15, 0.2) is 12.2 Å². The summed E-state index contributed by atoms with van der Waals surface area (Å²) in [5.41, 5.74) is -0.400. The molecule has 0 aromatic carbocycles. The molecule has 0 aromatic rings. The fourth-order valence-corrected chi connectivity index (χ4v) is 2.25. The Hall–Kier alpha value is -0.990. The zero-order chi connectivity index (χ0) is 11.1. The molecule has 2 aliphatic carbocycles. The van der Waals surface area contributed by atoms with Gasteiger partial charge in [-0.05, 0) is 45.4 Å². The van der Waals surface area contributed by atoms with E-state index in [1.165, 1.54) is 0 Å². The van der Waals surface area contributed by atoms with E-state index in [1.54, 1.807) is 0 Å². The second-order valence-corrected chi connectivity index (χ2v) is 5.44. The predicted molar refractivity (Wildman–Crippen MR) is 58.5 cm³/mol. The Balaban J connectivity index is 1.78. The van der Waals surface area contributed by atoms with Crippen molar-refractivity contribution in [2.45, 2.75) is 45.3 Å². The monoisotopic (exact) mass is 209 g/mol. The number of alkyl carbamates (subject to hydrolysis) is 1. The zero-order valence-electron chi connectivity index (χ0n) is 9.62. The first-order chi connectivity index (χ1) is 6.97. The van der Waals surface area contributed by atoms with Crippen molar-refractivity contribution >= 4 is 6.09 Å². The van der Waals surface area contributed by atoms with Crippen molar-refractivity contribution in [2.24, 2.45) is 11.8 Å². The number of hydrogen-bond donors (Lipinski definition) is 1. The van der Waals surface area contributed by atoms with Crippen LogP contribution in [0.1, 0.15) is 33.6 Å². The molecule has 3 heteroatoms. The standard InChI is InChI=1S/C12H19NO2/c1-12(2,3)15-11(14)13-10-8-6-4-5-7-9(8)10/h4-5,8-10H,6-7H2,1-3H3,(H,13,14). The first-order valence-corrected chi connectivity index (χ1v) is 5.62. The van der Waals surface area contributed by atoms with Gasteiger partial charge in [-0.2, -0.15) is 0 Å². The molecule has 1 N–H and O–H groups in total. The van der Waals surface area contributed by atoms with Crippen LogP contribution in [0.4, 0.5) is 4.79 Å². The van der Waals surface area contributed by atoms with Crippen LogP contribution < -0.4 is 5.32 Å². The van der Waals surface area contributed by atoms with Gasteiger partial charge in [0.1, 0.15) is 5.60 Å². The van der Waals surface area contributed by atoms with Crippen LogP contribution in [0, 0.1) is 11.8 Å². The van der Waals surface area contributed by atoms with Gasteiger partial charge in [0.25, 0.3) is 0 Å². The fourth-order valence-electron chi connectivity index (χ4n) is 2.25. The number of fused-ring (bicyclic) bond motifs is 1. The average molecular weight is 209 g/mol. The number of nitrogens with one attached hydrogen (secondary N) is 1. The first kappa shape index (κ1) is 10.5. The van der Waals surface area contributed by atoms with E-state index in [1.807, 2.05) is 20.8 Å². The summed E-state index contributed by atoms with van der Waals surface area (Å²) in [6, 6.07) is 0.342. The van der Waals surface area contributed by atoms with Gasteiger partial charge in [0.05, 0.1) is 0 Å². The molecule has 1 fully saturated rings. The molecule has 84 valence electrons. The van der Waals surface area contributed by atoms with Gasteiger partial charge >= 0.3 is 6.09 Å². The van der Waals surface area contributed by atoms with Crippen LogP contribution in [0.3, 0.4) is 0 Å². The van der Waals surface area contributed by atoms with Crippen molar-refractivity contribution in [3.63, 3.8) is 0 Å². The molecule has 0 aliphatic heterocycles. The topological polar surface area (TPSA) is 38.3 Å². The van der Waals surface area contributed by atoms with E-state index in [0.29, 0.717) is 17.9 Å². The Bertz CT molecular complexity index is 276. The maximum Gasteiger partial charge on any atom is 0.407 e. The minimum atomic E-state index is -0.400. The number of ether oxygens (including phenoxy) is 1. The van der Waals surface area contributed by atoms with Gasteiger partial charge in [0.2, 0.25) is 0 Å². The summed E-state index contributed by atoms with van der Waals surface area (Å²) in [5.74, 6) is 1.31. The molecular weight excluding hydrogens is 190 g/mol.